The number of hydrogen-bond acceptors (Lipinski definition) is 4. The van der Waals surface area contributed by atoms with E-state index in [1.54, 1.807) is 0 Å². The summed E-state index contributed by atoms with van der Waals surface area (Å²) >= 11 is 0. The van der Waals surface area contributed by atoms with Crippen LogP contribution in [0.3, 0.4) is 0 Å². The fraction of sp³-hybridized carbons (Fsp3) is 0.550. The molecule has 2 fully saturated rings. The second kappa shape index (κ2) is 7.09. The van der Waals surface area contributed by atoms with Crippen molar-refractivity contribution < 1.29 is 19.1 Å². The number of rotatable bonds is 4. The van der Waals surface area contributed by atoms with Gasteiger partial charge in [-0.05, 0) is 43.7 Å². The van der Waals surface area contributed by atoms with Gasteiger partial charge in [-0.2, -0.15) is 0 Å². The van der Waals surface area contributed by atoms with Gasteiger partial charge in [0.25, 0.3) is 5.91 Å². The molecule has 1 heterocycles. The molecule has 0 unspecified atom stereocenters. The zero-order chi connectivity index (χ0) is 18.9. The lowest BCUT2D eigenvalue weighted by atomic mass is 9.73. The van der Waals surface area contributed by atoms with Gasteiger partial charge in [-0.15, -0.1) is 0 Å². The molecule has 0 bridgehead atoms. The molecule has 1 N–H and O–H groups in total. The summed E-state index contributed by atoms with van der Waals surface area (Å²) in [5.74, 6) is -0.794. The summed E-state index contributed by atoms with van der Waals surface area (Å²) in [7, 11) is 0. The number of nitrogens with zero attached hydrogens (tertiary/aromatic N) is 1. The normalized spacial score (nSPS) is 25.5. The van der Waals surface area contributed by atoms with Crippen molar-refractivity contribution >= 4 is 17.9 Å². The highest BCUT2D eigenvalue weighted by molar-refractivity contribution is 6.08. The number of esters is 1. The van der Waals surface area contributed by atoms with Gasteiger partial charge in [-0.3, -0.25) is 14.5 Å². The predicted octanol–water partition coefficient (Wildman–Crippen LogP) is 2.85. The van der Waals surface area contributed by atoms with Crippen molar-refractivity contribution in [3.63, 3.8) is 0 Å². The second-order valence-electron chi connectivity index (χ2n) is 7.53. The van der Waals surface area contributed by atoms with E-state index in [4.69, 9.17) is 4.74 Å². The van der Waals surface area contributed by atoms with Crippen molar-refractivity contribution in [2.24, 2.45) is 5.92 Å². The number of benzene rings is 1. The third-order valence-electron chi connectivity index (χ3n) is 5.68. The molecule has 2 aliphatic rings. The largest absolute Gasteiger partial charge is 0.459 e. The summed E-state index contributed by atoms with van der Waals surface area (Å²) in [5.41, 5.74) is 2.20. The van der Waals surface area contributed by atoms with Gasteiger partial charge < -0.3 is 10.1 Å². The maximum atomic E-state index is 12.8. The molecule has 0 radical (unpaired) electrons. The summed E-state index contributed by atoms with van der Waals surface area (Å²) in [4.78, 5) is 38.4. The lowest BCUT2D eigenvalue weighted by Gasteiger charge is -2.36. The van der Waals surface area contributed by atoms with Crippen LogP contribution in [0.4, 0.5) is 4.79 Å². The van der Waals surface area contributed by atoms with Crippen molar-refractivity contribution in [2.75, 3.05) is 6.54 Å². The molecule has 1 aliphatic carbocycles. The van der Waals surface area contributed by atoms with Crippen LogP contribution in [0.15, 0.2) is 18.2 Å². The number of carbonyl (C=O) groups excluding carboxylic acids is 3. The minimum Gasteiger partial charge on any atom is -0.459 e. The molecule has 6 heteroatoms. The molecule has 0 aromatic heterocycles. The number of hydrogen-bond donors (Lipinski definition) is 1. The third-order valence-corrected chi connectivity index (χ3v) is 5.68. The SMILES string of the molecule is Cc1ccc(C)c(COC(=O)CN2C(=O)N[C@]3(CCCC[C@@H]3C)C2=O)c1. The Hall–Kier alpha value is -2.37. The van der Waals surface area contributed by atoms with Gasteiger partial charge in [0.15, 0.2) is 0 Å². The van der Waals surface area contributed by atoms with Crippen LogP contribution in [-0.2, 0) is 20.9 Å². The van der Waals surface area contributed by atoms with Crippen molar-refractivity contribution in [3.8, 4) is 0 Å². The number of carbonyl (C=O) groups is 3. The Kier molecular flexibility index (Phi) is 5.03. The zero-order valence-electron chi connectivity index (χ0n) is 15.6. The van der Waals surface area contributed by atoms with Crippen molar-refractivity contribution in [3.05, 3.63) is 34.9 Å². The summed E-state index contributed by atoms with van der Waals surface area (Å²) in [6.45, 7) is 5.71. The molecule has 1 saturated heterocycles. The Balaban J connectivity index is 1.63. The maximum absolute atomic E-state index is 12.8. The first-order valence-electron chi connectivity index (χ1n) is 9.19. The Morgan fingerprint density at radius 2 is 2.08 bits per heavy atom. The molecular formula is C20H26N2O4. The van der Waals surface area contributed by atoms with Crippen LogP contribution < -0.4 is 5.32 Å². The zero-order valence-corrected chi connectivity index (χ0v) is 15.6. The number of amides is 3. The number of urea groups is 1. The van der Waals surface area contributed by atoms with Gasteiger partial charge in [0.05, 0.1) is 0 Å². The smallest absolute Gasteiger partial charge is 0.326 e. The first-order valence-corrected chi connectivity index (χ1v) is 9.19. The summed E-state index contributed by atoms with van der Waals surface area (Å²) < 4.78 is 5.31. The molecule has 2 atom stereocenters. The average molecular weight is 358 g/mol. The molecule has 6 nitrogen and oxygen atoms in total. The molecule has 26 heavy (non-hydrogen) atoms. The van der Waals surface area contributed by atoms with Gasteiger partial charge in [0, 0.05) is 0 Å². The van der Waals surface area contributed by atoms with E-state index in [-0.39, 0.29) is 25.0 Å². The molecule has 3 rings (SSSR count). The highest BCUT2D eigenvalue weighted by atomic mass is 16.5. The fourth-order valence-electron chi connectivity index (χ4n) is 3.93. The van der Waals surface area contributed by atoms with Crippen molar-refractivity contribution in [2.45, 2.75) is 58.6 Å². The molecule has 1 aliphatic heterocycles. The highest BCUT2D eigenvalue weighted by Crippen LogP contribution is 2.38. The van der Waals surface area contributed by atoms with E-state index in [2.05, 4.69) is 5.32 Å². The van der Waals surface area contributed by atoms with E-state index >= 15 is 0 Å². The Bertz CT molecular complexity index is 745. The first-order chi connectivity index (χ1) is 12.3. The number of nitrogens with one attached hydrogen (secondary N) is 1. The van der Waals surface area contributed by atoms with Crippen LogP contribution in [0.2, 0.25) is 0 Å². The lowest BCUT2D eigenvalue weighted by Crippen LogP contribution is -2.54. The summed E-state index contributed by atoms with van der Waals surface area (Å²) in [6.07, 6.45) is 3.49. The van der Waals surface area contributed by atoms with Gasteiger partial charge >= 0.3 is 12.0 Å². The first kappa shape index (κ1) is 18.4. The van der Waals surface area contributed by atoms with Gasteiger partial charge in [-0.1, -0.05) is 43.5 Å². The quantitative estimate of drug-likeness (QED) is 0.663. The molecule has 1 aromatic rings. The minimum absolute atomic E-state index is 0.0728. The Labute approximate surface area is 153 Å². The number of aryl methyl sites for hydroxylation is 2. The van der Waals surface area contributed by atoms with E-state index < -0.39 is 17.5 Å². The number of ether oxygens (including phenoxy) is 1. The van der Waals surface area contributed by atoms with Crippen molar-refractivity contribution in [1.82, 2.24) is 10.2 Å². The Morgan fingerprint density at radius 3 is 2.81 bits per heavy atom. The van der Waals surface area contributed by atoms with Crippen LogP contribution >= 0.6 is 0 Å². The predicted molar refractivity (Wildman–Crippen MR) is 96.3 cm³/mol. The van der Waals surface area contributed by atoms with Crippen LogP contribution in [0.5, 0.6) is 0 Å². The Morgan fingerprint density at radius 1 is 1.31 bits per heavy atom. The number of imide groups is 1. The maximum Gasteiger partial charge on any atom is 0.326 e. The molecular weight excluding hydrogens is 332 g/mol. The van der Waals surface area contributed by atoms with Crippen molar-refractivity contribution in [1.29, 1.82) is 0 Å². The lowest BCUT2D eigenvalue weighted by molar-refractivity contribution is -0.149. The topological polar surface area (TPSA) is 75.7 Å². The monoisotopic (exact) mass is 358 g/mol. The van der Waals surface area contributed by atoms with Gasteiger partial charge in [-0.25, -0.2) is 4.79 Å². The van der Waals surface area contributed by atoms with E-state index in [1.165, 1.54) is 0 Å². The second-order valence-corrected chi connectivity index (χ2v) is 7.53. The minimum atomic E-state index is -0.845. The van der Waals surface area contributed by atoms with E-state index in [1.807, 2.05) is 39.0 Å². The molecule has 1 spiro atoms. The van der Waals surface area contributed by atoms with E-state index in [9.17, 15) is 14.4 Å². The average Bonchev–Trinajstić information content (AvgIpc) is 2.83. The summed E-state index contributed by atoms with van der Waals surface area (Å²) in [5, 5.41) is 2.84. The van der Waals surface area contributed by atoms with Gasteiger partial charge in [0.1, 0.15) is 18.7 Å². The van der Waals surface area contributed by atoms with Crippen LogP contribution in [0.25, 0.3) is 0 Å². The molecule has 1 aromatic carbocycles. The molecule has 1 saturated carbocycles. The van der Waals surface area contributed by atoms with E-state index in [0.29, 0.717) is 6.42 Å². The van der Waals surface area contributed by atoms with Crippen LogP contribution in [-0.4, -0.2) is 34.9 Å². The highest BCUT2D eigenvalue weighted by Gasteiger charge is 2.55. The van der Waals surface area contributed by atoms with Crippen LogP contribution in [0.1, 0.15) is 49.3 Å². The summed E-state index contributed by atoms with van der Waals surface area (Å²) in [6, 6.07) is 5.45. The fourth-order valence-corrected chi connectivity index (χ4v) is 3.93. The molecule has 140 valence electrons. The van der Waals surface area contributed by atoms with E-state index in [0.717, 1.165) is 40.9 Å². The van der Waals surface area contributed by atoms with Crippen LogP contribution in [0, 0.1) is 19.8 Å². The standard InChI is InChI=1S/C20H26N2O4/c1-13-7-8-14(2)16(10-13)12-26-17(23)11-22-18(24)20(21-19(22)25)9-5-4-6-15(20)3/h7-8,10,15H,4-6,9,11-12H2,1-3H3,(H,21,25)/t15-,20-/m0/s1. The molecule has 3 amide bonds. The van der Waals surface area contributed by atoms with Gasteiger partial charge in [0.2, 0.25) is 0 Å². The third kappa shape index (κ3) is 3.32.